The molecule has 1 saturated heterocycles. The van der Waals surface area contributed by atoms with E-state index < -0.39 is 0 Å². The van der Waals surface area contributed by atoms with Crippen LogP contribution >= 0.6 is 11.8 Å². The molecule has 0 spiro atoms. The number of fused-ring (bicyclic) bond motifs is 1. The molecule has 4 nitrogen and oxygen atoms in total. The average molecular weight is 366 g/mol. The Kier molecular flexibility index (Phi) is 4.49. The number of amides is 2. The van der Waals surface area contributed by atoms with Crippen LogP contribution in [0.1, 0.15) is 18.9 Å². The van der Waals surface area contributed by atoms with Gasteiger partial charge in [-0.1, -0.05) is 24.3 Å². The summed E-state index contributed by atoms with van der Waals surface area (Å²) < 4.78 is 0. The Labute approximate surface area is 158 Å². The first-order valence-corrected chi connectivity index (χ1v) is 10.2. The van der Waals surface area contributed by atoms with E-state index in [0.717, 1.165) is 22.7 Å². The number of hydrogen-bond donors (Lipinski definition) is 0. The molecule has 2 amide bonds. The maximum Gasteiger partial charge on any atom is 0.232 e. The fourth-order valence-electron chi connectivity index (χ4n) is 4.00. The molecule has 2 atom stereocenters. The van der Waals surface area contributed by atoms with Crippen LogP contribution in [0.15, 0.2) is 53.4 Å². The van der Waals surface area contributed by atoms with Crippen molar-refractivity contribution in [3.63, 3.8) is 0 Å². The van der Waals surface area contributed by atoms with Gasteiger partial charge in [0.1, 0.15) is 0 Å². The zero-order valence-electron chi connectivity index (χ0n) is 15.0. The lowest BCUT2D eigenvalue weighted by molar-refractivity contribution is -0.124. The number of nitrogens with zero attached hydrogens (tertiary/aromatic N) is 2. The van der Waals surface area contributed by atoms with Crippen LogP contribution in [0.2, 0.25) is 0 Å². The van der Waals surface area contributed by atoms with E-state index in [9.17, 15) is 9.59 Å². The van der Waals surface area contributed by atoms with Gasteiger partial charge in [-0.2, -0.15) is 0 Å². The van der Waals surface area contributed by atoms with Gasteiger partial charge >= 0.3 is 0 Å². The second-order valence-electron chi connectivity index (χ2n) is 7.00. The van der Waals surface area contributed by atoms with Crippen molar-refractivity contribution in [2.75, 3.05) is 22.6 Å². The molecule has 2 heterocycles. The molecule has 134 valence electrons. The Morgan fingerprint density at radius 2 is 1.92 bits per heavy atom. The molecule has 2 aromatic rings. The van der Waals surface area contributed by atoms with Crippen LogP contribution in [0, 0.1) is 5.92 Å². The number of hydrogen-bond acceptors (Lipinski definition) is 3. The number of carbonyl (C=O) groups is 2. The van der Waals surface area contributed by atoms with Gasteiger partial charge in [0.25, 0.3) is 0 Å². The summed E-state index contributed by atoms with van der Waals surface area (Å²) in [5.74, 6) is -0.185. The molecule has 0 bridgehead atoms. The molecule has 0 unspecified atom stereocenters. The normalized spacial score (nSPS) is 22.0. The summed E-state index contributed by atoms with van der Waals surface area (Å²) in [5.41, 5.74) is 3.09. The first kappa shape index (κ1) is 17.2. The Balaban J connectivity index is 1.56. The molecule has 2 aromatic carbocycles. The molecule has 1 fully saturated rings. The van der Waals surface area contributed by atoms with Crippen molar-refractivity contribution in [3.05, 3.63) is 54.1 Å². The van der Waals surface area contributed by atoms with Gasteiger partial charge in [-0.25, -0.2) is 0 Å². The standard InChI is InChI=1S/C21H22N2O2S/c1-14-10-15-6-3-4-9-19(15)23(14)21(25)16-11-20(24)22(13-16)17-7-5-8-18(12-17)26-2/h3-9,12,14,16H,10-11,13H2,1-2H3/t14-,16+/m0/s1. The summed E-state index contributed by atoms with van der Waals surface area (Å²) in [6, 6.07) is 16.2. The Morgan fingerprint density at radius 1 is 1.12 bits per heavy atom. The van der Waals surface area contributed by atoms with Crippen molar-refractivity contribution >= 4 is 35.0 Å². The largest absolute Gasteiger partial charge is 0.312 e. The van der Waals surface area contributed by atoms with Gasteiger partial charge in [0.05, 0.1) is 5.92 Å². The quantitative estimate of drug-likeness (QED) is 0.777. The van der Waals surface area contributed by atoms with E-state index in [1.807, 2.05) is 53.6 Å². The second kappa shape index (κ2) is 6.80. The first-order chi connectivity index (χ1) is 12.6. The predicted molar refractivity (Wildman–Crippen MR) is 106 cm³/mol. The first-order valence-electron chi connectivity index (χ1n) is 8.94. The van der Waals surface area contributed by atoms with Crippen molar-refractivity contribution in [3.8, 4) is 0 Å². The monoisotopic (exact) mass is 366 g/mol. The lowest BCUT2D eigenvalue weighted by Crippen LogP contribution is -2.41. The summed E-state index contributed by atoms with van der Waals surface area (Å²) in [7, 11) is 0. The van der Waals surface area contributed by atoms with E-state index in [0.29, 0.717) is 6.54 Å². The molecule has 0 aromatic heterocycles. The zero-order valence-corrected chi connectivity index (χ0v) is 15.8. The lowest BCUT2D eigenvalue weighted by atomic mass is 10.1. The van der Waals surface area contributed by atoms with Crippen molar-refractivity contribution in [1.82, 2.24) is 0 Å². The zero-order chi connectivity index (χ0) is 18.3. The van der Waals surface area contributed by atoms with E-state index in [-0.39, 0.29) is 30.2 Å². The Bertz CT molecular complexity index is 867. The van der Waals surface area contributed by atoms with E-state index in [1.54, 1.807) is 16.7 Å². The Morgan fingerprint density at radius 3 is 2.73 bits per heavy atom. The van der Waals surface area contributed by atoms with Crippen LogP contribution < -0.4 is 9.80 Å². The van der Waals surface area contributed by atoms with Gasteiger partial charge in [0.2, 0.25) is 11.8 Å². The van der Waals surface area contributed by atoms with Crippen molar-refractivity contribution < 1.29 is 9.59 Å². The van der Waals surface area contributed by atoms with Gasteiger partial charge in [-0.3, -0.25) is 9.59 Å². The molecular weight excluding hydrogens is 344 g/mol. The van der Waals surface area contributed by atoms with Crippen LogP contribution in [0.25, 0.3) is 0 Å². The third-order valence-electron chi connectivity index (χ3n) is 5.28. The summed E-state index contributed by atoms with van der Waals surface area (Å²) in [6.07, 6.45) is 3.18. The van der Waals surface area contributed by atoms with Crippen molar-refractivity contribution in [1.29, 1.82) is 0 Å². The van der Waals surface area contributed by atoms with Crippen molar-refractivity contribution in [2.24, 2.45) is 5.92 Å². The van der Waals surface area contributed by atoms with Crippen LogP contribution in [0.5, 0.6) is 0 Å². The fourth-order valence-corrected chi connectivity index (χ4v) is 4.45. The SMILES string of the molecule is CSc1cccc(N2C[C@H](C(=O)N3c4ccccc4C[C@@H]3C)CC2=O)c1. The minimum Gasteiger partial charge on any atom is -0.312 e. The van der Waals surface area contributed by atoms with E-state index >= 15 is 0 Å². The summed E-state index contributed by atoms with van der Waals surface area (Å²) in [6.45, 7) is 2.54. The third kappa shape index (κ3) is 2.90. The maximum atomic E-state index is 13.2. The highest BCUT2D eigenvalue weighted by molar-refractivity contribution is 7.98. The minimum absolute atomic E-state index is 0.0294. The smallest absolute Gasteiger partial charge is 0.232 e. The average Bonchev–Trinajstić information content (AvgIpc) is 3.20. The highest BCUT2D eigenvalue weighted by Gasteiger charge is 2.41. The minimum atomic E-state index is -0.283. The number of rotatable bonds is 3. The van der Waals surface area contributed by atoms with Gasteiger partial charge in [-0.15, -0.1) is 11.8 Å². The number of thioether (sulfide) groups is 1. The molecular formula is C21H22N2O2S. The van der Waals surface area contributed by atoms with E-state index in [1.165, 1.54) is 5.56 Å². The fraction of sp³-hybridized carbons (Fsp3) is 0.333. The molecule has 2 aliphatic heterocycles. The summed E-state index contributed by atoms with van der Waals surface area (Å²) in [5, 5.41) is 0. The molecule has 0 saturated carbocycles. The summed E-state index contributed by atoms with van der Waals surface area (Å²) >= 11 is 1.65. The predicted octanol–water partition coefficient (Wildman–Crippen LogP) is 3.74. The molecule has 0 N–H and O–H groups in total. The lowest BCUT2D eigenvalue weighted by Gasteiger charge is -2.26. The molecule has 5 heteroatoms. The number of benzene rings is 2. The Hall–Kier alpha value is -2.27. The maximum absolute atomic E-state index is 13.2. The van der Waals surface area contributed by atoms with Gasteiger partial charge in [0.15, 0.2) is 0 Å². The van der Waals surface area contributed by atoms with E-state index in [2.05, 4.69) is 13.0 Å². The summed E-state index contributed by atoms with van der Waals surface area (Å²) in [4.78, 5) is 30.6. The van der Waals surface area contributed by atoms with Crippen LogP contribution in [-0.2, 0) is 16.0 Å². The second-order valence-corrected chi connectivity index (χ2v) is 7.88. The van der Waals surface area contributed by atoms with Crippen molar-refractivity contribution in [2.45, 2.75) is 30.7 Å². The van der Waals surface area contributed by atoms with Crippen LogP contribution in [0.3, 0.4) is 0 Å². The molecule has 26 heavy (non-hydrogen) atoms. The van der Waals surface area contributed by atoms with Gasteiger partial charge < -0.3 is 9.80 Å². The highest BCUT2D eigenvalue weighted by atomic mass is 32.2. The van der Waals surface area contributed by atoms with Gasteiger partial charge in [-0.05, 0) is 49.4 Å². The topological polar surface area (TPSA) is 40.6 Å². The molecule has 4 rings (SSSR count). The molecule has 2 aliphatic rings. The highest BCUT2D eigenvalue weighted by Crippen LogP contribution is 2.35. The number of carbonyl (C=O) groups excluding carboxylic acids is 2. The number of para-hydroxylation sites is 1. The van der Waals surface area contributed by atoms with E-state index in [4.69, 9.17) is 0 Å². The third-order valence-corrected chi connectivity index (χ3v) is 6.01. The van der Waals surface area contributed by atoms with Gasteiger partial charge in [0, 0.05) is 35.3 Å². The van der Waals surface area contributed by atoms with Crippen LogP contribution in [-0.4, -0.2) is 30.7 Å². The molecule has 0 radical (unpaired) electrons. The number of anilines is 2. The van der Waals surface area contributed by atoms with Crippen LogP contribution in [0.4, 0.5) is 11.4 Å². The molecule has 0 aliphatic carbocycles.